The van der Waals surface area contributed by atoms with Crippen molar-refractivity contribution < 1.29 is 4.74 Å². The molecule has 0 unspecified atom stereocenters. The molecule has 0 aromatic heterocycles. The van der Waals surface area contributed by atoms with E-state index in [-0.39, 0.29) is 5.41 Å². The van der Waals surface area contributed by atoms with E-state index in [1.54, 1.807) is 0 Å². The Morgan fingerprint density at radius 3 is 2.61 bits per heavy atom. The average molecular weight is 338 g/mol. The molecule has 1 aromatic rings. The van der Waals surface area contributed by atoms with Crippen LogP contribution in [-0.4, -0.2) is 38.3 Å². The van der Waals surface area contributed by atoms with Crippen molar-refractivity contribution in [3.8, 4) is 0 Å². The van der Waals surface area contributed by atoms with E-state index in [4.69, 9.17) is 21.3 Å². The SMILES string of the molecule is CCNC(=NCC1(c2ccccc2Cl)CCOCC1)NC(C)C. The molecule has 4 nitrogen and oxygen atoms in total. The molecule has 1 heterocycles. The molecular formula is C18H28ClN3O. The maximum Gasteiger partial charge on any atom is 0.191 e. The molecule has 1 fully saturated rings. The van der Waals surface area contributed by atoms with E-state index >= 15 is 0 Å². The number of benzene rings is 1. The number of aliphatic imine (C=N–C) groups is 1. The predicted octanol–water partition coefficient (Wildman–Crippen LogP) is 3.35. The summed E-state index contributed by atoms with van der Waals surface area (Å²) in [6.45, 7) is 9.39. The number of rotatable bonds is 5. The van der Waals surface area contributed by atoms with Crippen molar-refractivity contribution in [3.05, 3.63) is 34.9 Å². The zero-order valence-electron chi connectivity index (χ0n) is 14.4. The third kappa shape index (κ3) is 4.85. The second kappa shape index (κ2) is 8.55. The topological polar surface area (TPSA) is 45.7 Å². The van der Waals surface area contributed by atoms with Gasteiger partial charge in [-0.1, -0.05) is 29.8 Å². The zero-order valence-corrected chi connectivity index (χ0v) is 15.1. The number of halogens is 1. The molecule has 2 rings (SSSR count). The van der Waals surface area contributed by atoms with Crippen LogP contribution in [0.3, 0.4) is 0 Å². The second-order valence-corrected chi connectivity index (χ2v) is 6.77. The molecule has 0 radical (unpaired) electrons. The first kappa shape index (κ1) is 18.1. The van der Waals surface area contributed by atoms with E-state index in [9.17, 15) is 0 Å². The Balaban J connectivity index is 2.26. The Kier molecular flexibility index (Phi) is 6.72. The summed E-state index contributed by atoms with van der Waals surface area (Å²) >= 11 is 6.49. The van der Waals surface area contributed by atoms with Gasteiger partial charge in [0, 0.05) is 36.2 Å². The van der Waals surface area contributed by atoms with E-state index < -0.39 is 0 Å². The zero-order chi connectivity index (χ0) is 16.7. The van der Waals surface area contributed by atoms with Crippen LogP contribution in [0.25, 0.3) is 0 Å². The van der Waals surface area contributed by atoms with E-state index in [1.165, 1.54) is 5.56 Å². The van der Waals surface area contributed by atoms with Crippen LogP contribution >= 0.6 is 11.6 Å². The molecule has 5 heteroatoms. The average Bonchev–Trinajstić information content (AvgIpc) is 2.54. The largest absolute Gasteiger partial charge is 0.381 e. The first-order valence-corrected chi connectivity index (χ1v) is 8.83. The molecule has 0 saturated carbocycles. The van der Waals surface area contributed by atoms with Crippen molar-refractivity contribution in [1.82, 2.24) is 10.6 Å². The number of nitrogens with one attached hydrogen (secondary N) is 2. The van der Waals surface area contributed by atoms with Crippen LogP contribution in [-0.2, 0) is 10.2 Å². The van der Waals surface area contributed by atoms with Gasteiger partial charge in [0.1, 0.15) is 0 Å². The van der Waals surface area contributed by atoms with Crippen LogP contribution in [0.5, 0.6) is 0 Å². The molecule has 2 N–H and O–H groups in total. The second-order valence-electron chi connectivity index (χ2n) is 6.37. The Bertz CT molecular complexity index is 525. The van der Waals surface area contributed by atoms with Crippen molar-refractivity contribution >= 4 is 17.6 Å². The highest BCUT2D eigenvalue weighted by atomic mass is 35.5. The van der Waals surface area contributed by atoms with Gasteiger partial charge in [-0.25, -0.2) is 0 Å². The summed E-state index contributed by atoms with van der Waals surface area (Å²) in [5.74, 6) is 0.862. The van der Waals surface area contributed by atoms with Gasteiger partial charge >= 0.3 is 0 Å². The summed E-state index contributed by atoms with van der Waals surface area (Å²) in [4.78, 5) is 4.85. The molecule has 128 valence electrons. The third-order valence-corrected chi connectivity index (χ3v) is 4.53. The van der Waals surface area contributed by atoms with Gasteiger partial charge in [0.2, 0.25) is 0 Å². The molecule has 1 aliphatic heterocycles. The minimum atomic E-state index is -0.0457. The maximum atomic E-state index is 6.49. The van der Waals surface area contributed by atoms with E-state index in [2.05, 4.69) is 43.5 Å². The number of hydrogen-bond acceptors (Lipinski definition) is 2. The van der Waals surface area contributed by atoms with Gasteiger partial charge in [0.05, 0.1) is 6.54 Å². The van der Waals surface area contributed by atoms with E-state index in [0.717, 1.165) is 43.6 Å². The summed E-state index contributed by atoms with van der Waals surface area (Å²) in [6, 6.07) is 8.48. The van der Waals surface area contributed by atoms with Crippen molar-refractivity contribution in [2.24, 2.45) is 4.99 Å². The van der Waals surface area contributed by atoms with Crippen LogP contribution in [0.1, 0.15) is 39.2 Å². The summed E-state index contributed by atoms with van der Waals surface area (Å²) < 4.78 is 5.58. The van der Waals surface area contributed by atoms with E-state index in [1.807, 2.05) is 12.1 Å². The Morgan fingerprint density at radius 2 is 2.00 bits per heavy atom. The molecule has 0 bridgehead atoms. The predicted molar refractivity (Wildman–Crippen MR) is 97.4 cm³/mol. The lowest BCUT2D eigenvalue weighted by molar-refractivity contribution is 0.0531. The Labute approximate surface area is 144 Å². The smallest absolute Gasteiger partial charge is 0.191 e. The first-order valence-electron chi connectivity index (χ1n) is 8.45. The fourth-order valence-electron chi connectivity index (χ4n) is 2.99. The lowest BCUT2D eigenvalue weighted by Gasteiger charge is -2.37. The highest BCUT2D eigenvalue weighted by molar-refractivity contribution is 6.31. The quantitative estimate of drug-likeness (QED) is 0.639. The molecule has 1 aromatic carbocycles. The van der Waals surface area contributed by atoms with Crippen LogP contribution in [0.2, 0.25) is 5.02 Å². The van der Waals surface area contributed by atoms with Crippen LogP contribution < -0.4 is 10.6 Å². The van der Waals surface area contributed by atoms with Crippen molar-refractivity contribution in [2.75, 3.05) is 26.3 Å². The number of ether oxygens (including phenoxy) is 1. The molecule has 0 aliphatic carbocycles. The number of hydrogen-bond donors (Lipinski definition) is 2. The molecule has 1 aliphatic rings. The summed E-state index contributed by atoms with van der Waals surface area (Å²) in [5, 5.41) is 7.52. The van der Waals surface area contributed by atoms with Crippen LogP contribution in [0.4, 0.5) is 0 Å². The third-order valence-electron chi connectivity index (χ3n) is 4.20. The highest BCUT2D eigenvalue weighted by Gasteiger charge is 2.36. The Hall–Kier alpha value is -1.26. The lowest BCUT2D eigenvalue weighted by Crippen LogP contribution is -2.43. The maximum absolute atomic E-state index is 6.49. The lowest BCUT2D eigenvalue weighted by atomic mass is 9.74. The summed E-state index contributed by atoms with van der Waals surface area (Å²) in [6.07, 6.45) is 1.89. The first-order chi connectivity index (χ1) is 11.1. The fourth-order valence-corrected chi connectivity index (χ4v) is 3.33. The number of guanidine groups is 1. The molecule has 0 amide bonds. The number of nitrogens with zero attached hydrogens (tertiary/aromatic N) is 1. The molecule has 1 saturated heterocycles. The van der Waals surface area contributed by atoms with Crippen molar-refractivity contribution in [3.63, 3.8) is 0 Å². The monoisotopic (exact) mass is 337 g/mol. The van der Waals surface area contributed by atoms with Gasteiger partial charge in [-0.3, -0.25) is 4.99 Å². The van der Waals surface area contributed by atoms with Gasteiger partial charge in [0.25, 0.3) is 0 Å². The van der Waals surface area contributed by atoms with Gasteiger partial charge < -0.3 is 15.4 Å². The van der Waals surface area contributed by atoms with Gasteiger partial charge in [-0.2, -0.15) is 0 Å². The molecule has 0 atom stereocenters. The van der Waals surface area contributed by atoms with Crippen LogP contribution in [0.15, 0.2) is 29.3 Å². The normalized spacial score (nSPS) is 18.0. The van der Waals surface area contributed by atoms with Gasteiger partial charge in [0.15, 0.2) is 5.96 Å². The molecule has 0 spiro atoms. The van der Waals surface area contributed by atoms with Crippen molar-refractivity contribution in [2.45, 2.75) is 45.1 Å². The molecule has 23 heavy (non-hydrogen) atoms. The van der Waals surface area contributed by atoms with Gasteiger partial charge in [-0.15, -0.1) is 0 Å². The van der Waals surface area contributed by atoms with Gasteiger partial charge in [-0.05, 0) is 45.2 Å². The minimum Gasteiger partial charge on any atom is -0.381 e. The van der Waals surface area contributed by atoms with Crippen LogP contribution in [0, 0.1) is 0 Å². The highest BCUT2D eigenvalue weighted by Crippen LogP contribution is 2.38. The van der Waals surface area contributed by atoms with E-state index in [0.29, 0.717) is 12.6 Å². The molecular weight excluding hydrogens is 310 g/mol. The summed E-state index contributed by atoms with van der Waals surface area (Å²) in [7, 11) is 0. The Morgan fingerprint density at radius 1 is 1.30 bits per heavy atom. The summed E-state index contributed by atoms with van der Waals surface area (Å²) in [5.41, 5.74) is 1.14. The van der Waals surface area contributed by atoms with Crippen molar-refractivity contribution in [1.29, 1.82) is 0 Å². The standard InChI is InChI=1S/C18H28ClN3O/c1-4-20-17(22-14(2)3)21-13-18(9-11-23-12-10-18)15-7-5-6-8-16(15)19/h5-8,14H,4,9-13H2,1-3H3,(H2,20,21,22). The fraction of sp³-hybridized carbons (Fsp3) is 0.611. The minimum absolute atomic E-state index is 0.0457.